The molecule has 2 aromatic rings. The fourth-order valence-corrected chi connectivity index (χ4v) is 2.61. The van der Waals surface area contributed by atoms with E-state index in [1.54, 1.807) is 0 Å². The van der Waals surface area contributed by atoms with Crippen LogP contribution in [0.1, 0.15) is 39.1 Å². The monoisotopic (exact) mass is 335 g/mol. The largest absolute Gasteiger partial charge is 0.383 e. The molecule has 0 unspecified atom stereocenters. The molecule has 20 heavy (non-hydrogen) atoms. The van der Waals surface area contributed by atoms with E-state index in [9.17, 15) is 0 Å². The van der Waals surface area contributed by atoms with E-state index in [4.69, 9.17) is 10.7 Å². The van der Waals surface area contributed by atoms with Crippen molar-refractivity contribution in [2.75, 3.05) is 5.73 Å². The van der Waals surface area contributed by atoms with Crippen LogP contribution in [0, 0.1) is 6.92 Å². The first-order valence-corrected chi connectivity index (χ1v) is 7.68. The summed E-state index contributed by atoms with van der Waals surface area (Å²) < 4.78 is 3.21. The van der Waals surface area contributed by atoms with Crippen molar-refractivity contribution in [3.05, 3.63) is 34.1 Å². The fraction of sp³-hybridized carbons (Fsp3) is 0.438. The van der Waals surface area contributed by atoms with Crippen LogP contribution in [0.5, 0.6) is 0 Å². The van der Waals surface area contributed by atoms with Crippen LogP contribution in [-0.2, 0) is 12.0 Å². The van der Waals surface area contributed by atoms with Gasteiger partial charge in [0.05, 0.1) is 0 Å². The normalized spacial score (nSPS) is 11.9. The highest BCUT2D eigenvalue weighted by atomic mass is 79.9. The first-order valence-electron chi connectivity index (χ1n) is 6.88. The second kappa shape index (κ2) is 5.24. The van der Waals surface area contributed by atoms with Gasteiger partial charge in [0.2, 0.25) is 0 Å². The second-order valence-electron chi connectivity index (χ2n) is 6.13. The summed E-state index contributed by atoms with van der Waals surface area (Å²) in [6.07, 6.45) is 0. The Bertz CT molecular complexity index is 636. The number of aryl methyl sites for hydroxylation is 1. The highest BCUT2D eigenvalue weighted by molar-refractivity contribution is 9.10. The van der Waals surface area contributed by atoms with E-state index < -0.39 is 0 Å². The number of aromatic nitrogens is 2. The Balaban J connectivity index is 2.63. The predicted molar refractivity (Wildman–Crippen MR) is 88.9 cm³/mol. The van der Waals surface area contributed by atoms with E-state index in [0.717, 1.165) is 33.9 Å². The number of nitrogens with zero attached hydrogens (tertiary/aromatic N) is 2. The van der Waals surface area contributed by atoms with Gasteiger partial charge in [-0.25, -0.2) is 4.98 Å². The summed E-state index contributed by atoms with van der Waals surface area (Å²) in [5, 5.41) is 0. The Morgan fingerprint density at radius 1 is 1.30 bits per heavy atom. The van der Waals surface area contributed by atoms with Gasteiger partial charge in [0, 0.05) is 22.0 Å². The Hall–Kier alpha value is -1.29. The van der Waals surface area contributed by atoms with Crippen molar-refractivity contribution in [1.29, 1.82) is 0 Å². The van der Waals surface area contributed by atoms with Gasteiger partial charge in [-0.05, 0) is 31.5 Å². The lowest BCUT2D eigenvalue weighted by Gasteiger charge is -2.19. The van der Waals surface area contributed by atoms with Gasteiger partial charge in [0.25, 0.3) is 0 Å². The zero-order valence-corrected chi connectivity index (χ0v) is 14.4. The van der Waals surface area contributed by atoms with E-state index in [0.29, 0.717) is 0 Å². The Labute approximate surface area is 129 Å². The maximum Gasteiger partial charge on any atom is 0.131 e. The van der Waals surface area contributed by atoms with Gasteiger partial charge >= 0.3 is 0 Å². The fourth-order valence-electron chi connectivity index (χ4n) is 2.36. The molecule has 4 heteroatoms. The molecule has 0 saturated carbocycles. The molecule has 1 aromatic heterocycles. The number of nitrogen functional groups attached to an aromatic ring is 1. The topological polar surface area (TPSA) is 43.8 Å². The first-order chi connectivity index (χ1) is 9.25. The van der Waals surface area contributed by atoms with Crippen molar-refractivity contribution in [3.63, 3.8) is 0 Å². The Kier molecular flexibility index (Phi) is 3.96. The number of imidazole rings is 1. The third-order valence-electron chi connectivity index (χ3n) is 3.43. The van der Waals surface area contributed by atoms with Gasteiger partial charge in [-0.15, -0.1) is 0 Å². The highest BCUT2D eigenvalue weighted by Gasteiger charge is 2.24. The molecule has 0 fully saturated rings. The number of hydrogen-bond acceptors (Lipinski definition) is 2. The van der Waals surface area contributed by atoms with E-state index in [-0.39, 0.29) is 5.41 Å². The minimum absolute atomic E-state index is 0.0210. The standard InChI is InChI=1S/C16H22BrN3/c1-6-20-14(18)13(19-15(20)16(3,4)5)11-7-8-12(17)10(2)9-11/h7-9H,6,18H2,1-5H3. The molecule has 0 spiro atoms. The maximum atomic E-state index is 6.32. The Morgan fingerprint density at radius 2 is 1.95 bits per heavy atom. The lowest BCUT2D eigenvalue weighted by molar-refractivity contribution is 0.509. The first kappa shape index (κ1) is 15.1. The number of halogens is 1. The zero-order valence-electron chi connectivity index (χ0n) is 12.8. The molecule has 0 bridgehead atoms. The summed E-state index contributed by atoms with van der Waals surface area (Å²) in [4.78, 5) is 4.82. The van der Waals surface area contributed by atoms with Crippen molar-refractivity contribution >= 4 is 21.7 Å². The van der Waals surface area contributed by atoms with Gasteiger partial charge in [-0.1, -0.05) is 42.8 Å². The molecule has 2 N–H and O–H groups in total. The van der Waals surface area contributed by atoms with E-state index in [1.807, 2.05) is 6.07 Å². The SMILES string of the molecule is CCn1c(C(C)(C)C)nc(-c2ccc(Br)c(C)c2)c1N. The third kappa shape index (κ3) is 2.62. The molecule has 2 rings (SSSR count). The minimum atomic E-state index is -0.0210. The summed E-state index contributed by atoms with van der Waals surface area (Å²) in [6.45, 7) is 11.5. The molecule has 0 atom stereocenters. The predicted octanol–water partition coefficient (Wildman–Crippen LogP) is 4.52. The summed E-state index contributed by atoms with van der Waals surface area (Å²) in [5.41, 5.74) is 9.44. The third-order valence-corrected chi connectivity index (χ3v) is 4.31. The molecule has 0 aliphatic heterocycles. The van der Waals surface area contributed by atoms with Crippen molar-refractivity contribution < 1.29 is 0 Å². The number of anilines is 1. The molecule has 0 aliphatic rings. The maximum absolute atomic E-state index is 6.32. The molecule has 3 nitrogen and oxygen atoms in total. The number of hydrogen-bond donors (Lipinski definition) is 1. The minimum Gasteiger partial charge on any atom is -0.383 e. The van der Waals surface area contributed by atoms with Crippen LogP contribution in [0.15, 0.2) is 22.7 Å². The van der Waals surface area contributed by atoms with Crippen LogP contribution >= 0.6 is 15.9 Å². The molecule has 0 saturated heterocycles. The van der Waals surface area contributed by atoms with Crippen molar-refractivity contribution in [2.24, 2.45) is 0 Å². The van der Waals surface area contributed by atoms with Crippen LogP contribution in [0.2, 0.25) is 0 Å². The van der Waals surface area contributed by atoms with Gasteiger partial charge in [-0.3, -0.25) is 0 Å². The van der Waals surface area contributed by atoms with E-state index in [2.05, 4.69) is 67.2 Å². The molecule has 0 radical (unpaired) electrons. The van der Waals surface area contributed by atoms with Crippen LogP contribution in [0.3, 0.4) is 0 Å². The average Bonchev–Trinajstić information content (AvgIpc) is 2.69. The molecular formula is C16H22BrN3. The van der Waals surface area contributed by atoms with Gasteiger partial charge in [0.15, 0.2) is 0 Å². The second-order valence-corrected chi connectivity index (χ2v) is 6.98. The van der Waals surface area contributed by atoms with Crippen molar-refractivity contribution in [2.45, 2.75) is 46.6 Å². The zero-order chi connectivity index (χ0) is 15.1. The average molecular weight is 336 g/mol. The highest BCUT2D eigenvalue weighted by Crippen LogP contribution is 2.33. The summed E-state index contributed by atoms with van der Waals surface area (Å²) in [7, 11) is 0. The molecule has 108 valence electrons. The quantitative estimate of drug-likeness (QED) is 0.876. The molecule has 1 aromatic carbocycles. The number of nitrogens with two attached hydrogens (primary N) is 1. The van der Waals surface area contributed by atoms with Crippen molar-refractivity contribution in [1.82, 2.24) is 9.55 Å². The summed E-state index contributed by atoms with van der Waals surface area (Å²) >= 11 is 3.53. The summed E-state index contributed by atoms with van der Waals surface area (Å²) in [6, 6.07) is 6.23. The Morgan fingerprint density at radius 3 is 2.40 bits per heavy atom. The molecule has 0 aliphatic carbocycles. The lowest BCUT2D eigenvalue weighted by Crippen LogP contribution is -2.19. The number of rotatable bonds is 2. The van der Waals surface area contributed by atoms with Crippen LogP contribution in [-0.4, -0.2) is 9.55 Å². The van der Waals surface area contributed by atoms with Gasteiger partial charge < -0.3 is 10.3 Å². The van der Waals surface area contributed by atoms with Crippen molar-refractivity contribution in [3.8, 4) is 11.3 Å². The lowest BCUT2D eigenvalue weighted by atomic mass is 9.95. The van der Waals surface area contributed by atoms with Gasteiger partial charge in [0.1, 0.15) is 17.3 Å². The molecule has 0 amide bonds. The van der Waals surface area contributed by atoms with Gasteiger partial charge in [-0.2, -0.15) is 0 Å². The summed E-state index contributed by atoms with van der Waals surface area (Å²) in [5.74, 6) is 1.78. The van der Waals surface area contributed by atoms with E-state index >= 15 is 0 Å². The molecular weight excluding hydrogens is 314 g/mol. The molecule has 1 heterocycles. The van der Waals surface area contributed by atoms with E-state index in [1.165, 1.54) is 5.56 Å². The smallest absolute Gasteiger partial charge is 0.131 e. The number of benzene rings is 1. The van der Waals surface area contributed by atoms with Crippen LogP contribution in [0.4, 0.5) is 5.82 Å². The van der Waals surface area contributed by atoms with Crippen LogP contribution < -0.4 is 5.73 Å². The van der Waals surface area contributed by atoms with Crippen LogP contribution in [0.25, 0.3) is 11.3 Å².